The number of nitrogens with zero attached hydrogens (tertiary/aromatic N) is 6. The van der Waals surface area contributed by atoms with Crippen molar-refractivity contribution in [1.82, 2.24) is 19.4 Å². The number of anilines is 2. The molecule has 1 saturated heterocycles. The summed E-state index contributed by atoms with van der Waals surface area (Å²) in [5.41, 5.74) is 2.75. The van der Waals surface area contributed by atoms with Crippen LogP contribution in [0.15, 0.2) is 43.0 Å². The number of benzene rings is 1. The molecule has 10 nitrogen and oxygen atoms in total. The van der Waals surface area contributed by atoms with Crippen LogP contribution < -0.4 is 19.1 Å². The smallest absolute Gasteiger partial charge is 0.231 e. The van der Waals surface area contributed by atoms with Gasteiger partial charge in [-0.1, -0.05) is 0 Å². The third-order valence-electron chi connectivity index (χ3n) is 6.15. The Kier molecular flexibility index (Phi) is 6.14. The lowest BCUT2D eigenvalue weighted by Crippen LogP contribution is -2.32. The van der Waals surface area contributed by atoms with Crippen LogP contribution >= 0.6 is 0 Å². The highest BCUT2D eigenvalue weighted by Gasteiger charge is 2.29. The quantitative estimate of drug-likeness (QED) is 0.536. The van der Waals surface area contributed by atoms with Crippen molar-refractivity contribution >= 4 is 17.3 Å². The highest BCUT2D eigenvalue weighted by Crippen LogP contribution is 2.40. The summed E-state index contributed by atoms with van der Waals surface area (Å²) < 4.78 is 19.1. The van der Waals surface area contributed by atoms with Crippen LogP contribution in [0.5, 0.6) is 17.4 Å². The molecule has 0 N–H and O–H groups in total. The van der Waals surface area contributed by atoms with E-state index in [4.69, 9.17) is 14.2 Å². The van der Waals surface area contributed by atoms with E-state index in [1.807, 2.05) is 40.9 Å². The second kappa shape index (κ2) is 9.54. The molecule has 1 amide bonds. The fraction of sp³-hybridized carbons (Fsp3) is 0.360. The lowest BCUT2D eigenvalue weighted by Gasteiger charge is -2.31. The summed E-state index contributed by atoms with van der Waals surface area (Å²) in [6, 6.07) is 9.60. The van der Waals surface area contributed by atoms with Crippen LogP contribution in [-0.4, -0.2) is 64.8 Å². The number of hydrogen-bond donors (Lipinski definition) is 0. The van der Waals surface area contributed by atoms with Crippen LogP contribution in [0.25, 0.3) is 0 Å². The molecule has 5 rings (SSSR count). The average molecular weight is 475 g/mol. The van der Waals surface area contributed by atoms with Crippen molar-refractivity contribution in [3.8, 4) is 23.4 Å². The van der Waals surface area contributed by atoms with E-state index in [1.54, 1.807) is 18.6 Å². The van der Waals surface area contributed by atoms with E-state index >= 15 is 0 Å². The first kappa shape index (κ1) is 22.5. The number of carbonyl (C=O) groups excluding carboxylic acids is 1. The summed E-state index contributed by atoms with van der Waals surface area (Å²) in [5.74, 6) is 1.78. The molecule has 1 aromatic carbocycles. The van der Waals surface area contributed by atoms with Gasteiger partial charge in [0.15, 0.2) is 0 Å². The van der Waals surface area contributed by atoms with Crippen LogP contribution in [0.1, 0.15) is 17.7 Å². The van der Waals surface area contributed by atoms with Crippen molar-refractivity contribution in [2.24, 2.45) is 7.05 Å². The molecule has 0 spiro atoms. The van der Waals surface area contributed by atoms with Crippen molar-refractivity contribution < 1.29 is 19.0 Å². The molecule has 0 radical (unpaired) electrons. The van der Waals surface area contributed by atoms with Gasteiger partial charge in [0.05, 0.1) is 56.2 Å². The van der Waals surface area contributed by atoms with Crippen LogP contribution in [-0.2, 0) is 18.3 Å². The minimum absolute atomic E-state index is 0.0557. The summed E-state index contributed by atoms with van der Waals surface area (Å²) >= 11 is 0. The largest absolute Gasteiger partial charge is 0.490 e. The van der Waals surface area contributed by atoms with E-state index in [9.17, 15) is 10.1 Å². The number of likely N-dealkylation sites (tertiary alicyclic amines) is 1. The molecule has 10 heteroatoms. The number of aromatic nitrogens is 3. The van der Waals surface area contributed by atoms with Crippen LogP contribution in [0.3, 0.4) is 0 Å². The van der Waals surface area contributed by atoms with E-state index in [-0.39, 0.29) is 12.0 Å². The van der Waals surface area contributed by atoms with Crippen LogP contribution in [0.2, 0.25) is 0 Å². The Morgan fingerprint density at radius 1 is 1.29 bits per heavy atom. The summed E-state index contributed by atoms with van der Waals surface area (Å²) in [7, 11) is 3.38. The number of fused-ring (bicyclic) bond motifs is 1. The van der Waals surface area contributed by atoms with Crippen LogP contribution in [0.4, 0.5) is 11.4 Å². The number of carbonyl (C=O) groups is 1. The van der Waals surface area contributed by atoms with Gasteiger partial charge in [0.25, 0.3) is 0 Å². The maximum atomic E-state index is 12.7. The number of hydrogen-bond acceptors (Lipinski definition) is 8. The Morgan fingerprint density at radius 3 is 2.94 bits per heavy atom. The van der Waals surface area contributed by atoms with Gasteiger partial charge < -0.3 is 28.6 Å². The van der Waals surface area contributed by atoms with Crippen LogP contribution in [0, 0.1) is 11.3 Å². The van der Waals surface area contributed by atoms with Gasteiger partial charge in [0.2, 0.25) is 11.8 Å². The van der Waals surface area contributed by atoms with Gasteiger partial charge in [-0.2, -0.15) is 5.26 Å². The van der Waals surface area contributed by atoms with Crippen molar-refractivity contribution in [3.05, 3.63) is 54.2 Å². The average Bonchev–Trinajstić information content (AvgIpc) is 3.52. The monoisotopic (exact) mass is 474 g/mol. The summed E-state index contributed by atoms with van der Waals surface area (Å²) in [6.45, 7) is 2.31. The van der Waals surface area contributed by atoms with E-state index < -0.39 is 0 Å². The first-order valence-electron chi connectivity index (χ1n) is 11.4. The summed E-state index contributed by atoms with van der Waals surface area (Å²) in [4.78, 5) is 25.1. The normalized spacial score (nSPS) is 16.9. The third kappa shape index (κ3) is 4.71. The van der Waals surface area contributed by atoms with E-state index in [0.29, 0.717) is 49.9 Å². The highest BCUT2D eigenvalue weighted by atomic mass is 16.5. The molecule has 4 heterocycles. The Hall–Kier alpha value is -4.26. The number of ether oxygens (including phenoxy) is 3. The van der Waals surface area contributed by atoms with Gasteiger partial charge in [0, 0.05) is 32.3 Å². The molecule has 2 aliphatic heterocycles. The number of rotatable bonds is 6. The second-order valence-electron chi connectivity index (χ2n) is 8.57. The van der Waals surface area contributed by atoms with Crippen molar-refractivity contribution in [2.75, 3.05) is 38.3 Å². The molecule has 0 aliphatic carbocycles. The number of pyridine rings is 1. The Labute approximate surface area is 203 Å². The minimum atomic E-state index is -0.0912. The van der Waals surface area contributed by atoms with Gasteiger partial charge in [-0.25, -0.2) is 9.97 Å². The number of nitriles is 1. The molecular formula is C25H26N6O4. The fourth-order valence-electron chi connectivity index (χ4n) is 4.44. The molecule has 2 aliphatic rings. The second-order valence-corrected chi connectivity index (χ2v) is 8.57. The number of aryl methyl sites for hydroxylation is 1. The molecule has 35 heavy (non-hydrogen) atoms. The maximum absolute atomic E-state index is 12.7. The molecule has 1 fully saturated rings. The minimum Gasteiger partial charge on any atom is -0.490 e. The molecule has 1 unspecified atom stereocenters. The molecule has 2 aromatic heterocycles. The zero-order valence-corrected chi connectivity index (χ0v) is 19.7. The van der Waals surface area contributed by atoms with Gasteiger partial charge in [-0.05, 0) is 18.2 Å². The topological polar surface area (TPSA) is 106 Å². The standard InChI is InChI=1S/C25H26N6O4/c1-29-14-18(28-16-29)10-24(32)30-6-5-21(15-30)35-20-3-4-23-22(11-20)31(7-8-34-23)19-9-17(12-26)25(33-2)27-13-19/h3-4,9,11,13-14,16,21H,5-8,10,15H2,1-2H3. The number of amides is 1. The van der Waals surface area contributed by atoms with Gasteiger partial charge in [-0.3, -0.25) is 4.79 Å². The Balaban J connectivity index is 1.29. The fourth-order valence-corrected chi connectivity index (χ4v) is 4.44. The van der Waals surface area contributed by atoms with Crippen molar-refractivity contribution in [1.29, 1.82) is 5.26 Å². The number of methoxy groups -OCH3 is 1. The molecule has 3 aromatic rings. The zero-order valence-electron chi connectivity index (χ0n) is 19.7. The molecular weight excluding hydrogens is 448 g/mol. The first-order valence-corrected chi connectivity index (χ1v) is 11.4. The van der Waals surface area contributed by atoms with Crippen molar-refractivity contribution in [3.63, 3.8) is 0 Å². The lowest BCUT2D eigenvalue weighted by atomic mass is 10.2. The van der Waals surface area contributed by atoms with Gasteiger partial charge in [-0.15, -0.1) is 0 Å². The SMILES string of the molecule is COc1ncc(N2CCOc3ccc(OC4CCN(C(=O)Cc5cn(C)cn5)C4)cc32)cc1C#N. The van der Waals surface area contributed by atoms with Gasteiger partial charge in [0.1, 0.15) is 35.8 Å². The van der Waals surface area contributed by atoms with E-state index in [0.717, 1.165) is 29.2 Å². The zero-order chi connectivity index (χ0) is 24.4. The molecule has 0 saturated carbocycles. The lowest BCUT2D eigenvalue weighted by molar-refractivity contribution is -0.129. The Morgan fingerprint density at radius 2 is 2.17 bits per heavy atom. The third-order valence-corrected chi connectivity index (χ3v) is 6.15. The van der Waals surface area contributed by atoms with Crippen molar-refractivity contribution in [2.45, 2.75) is 18.9 Å². The Bertz CT molecular complexity index is 1280. The summed E-state index contributed by atoms with van der Waals surface area (Å²) in [5, 5.41) is 9.45. The number of imidazole rings is 1. The highest BCUT2D eigenvalue weighted by molar-refractivity contribution is 5.78. The predicted octanol–water partition coefficient (Wildman–Crippen LogP) is 2.45. The predicted molar refractivity (Wildman–Crippen MR) is 127 cm³/mol. The molecule has 0 bridgehead atoms. The summed E-state index contributed by atoms with van der Waals surface area (Å²) in [6.07, 6.45) is 6.21. The molecule has 180 valence electrons. The molecule has 1 atom stereocenters. The van der Waals surface area contributed by atoms with E-state index in [1.165, 1.54) is 7.11 Å². The maximum Gasteiger partial charge on any atom is 0.231 e. The van der Waals surface area contributed by atoms with Gasteiger partial charge >= 0.3 is 0 Å². The first-order chi connectivity index (χ1) is 17.0. The van der Waals surface area contributed by atoms with E-state index in [2.05, 4.69) is 20.9 Å².